The summed E-state index contributed by atoms with van der Waals surface area (Å²) in [5.41, 5.74) is 1.71. The van der Waals surface area contributed by atoms with Crippen molar-refractivity contribution in [3.8, 4) is 5.88 Å². The molecule has 5 nitrogen and oxygen atoms in total. The number of nitrogens with zero attached hydrogens (tertiary/aromatic N) is 2. The van der Waals surface area contributed by atoms with Gasteiger partial charge in [0.2, 0.25) is 5.88 Å². The Hall–Kier alpha value is -1.62. The standard InChI is InChI=1S/C11H14N4O/c1-16-9-3-2-8-11(14-9)15-10(13-8)7-4-5-12-6-7/h2-3,7,12H,4-6H2,1H3,(H,13,14,15). The second-order valence-electron chi connectivity index (χ2n) is 4.04. The molecule has 0 aliphatic carbocycles. The first-order valence-corrected chi connectivity index (χ1v) is 5.48. The predicted octanol–water partition coefficient (Wildman–Crippen LogP) is 1.04. The van der Waals surface area contributed by atoms with Crippen molar-refractivity contribution < 1.29 is 4.74 Å². The van der Waals surface area contributed by atoms with E-state index in [0.717, 1.165) is 36.5 Å². The minimum absolute atomic E-state index is 0.486. The van der Waals surface area contributed by atoms with Gasteiger partial charge in [-0.3, -0.25) is 0 Å². The van der Waals surface area contributed by atoms with Crippen LogP contribution in [-0.4, -0.2) is 35.2 Å². The van der Waals surface area contributed by atoms with Gasteiger partial charge in [0.15, 0.2) is 5.65 Å². The van der Waals surface area contributed by atoms with Crippen molar-refractivity contribution in [1.82, 2.24) is 20.3 Å². The van der Waals surface area contributed by atoms with Crippen molar-refractivity contribution in [2.45, 2.75) is 12.3 Å². The molecule has 0 spiro atoms. The molecule has 0 aromatic carbocycles. The van der Waals surface area contributed by atoms with Crippen LogP contribution < -0.4 is 10.1 Å². The van der Waals surface area contributed by atoms with E-state index < -0.39 is 0 Å². The third-order valence-corrected chi connectivity index (χ3v) is 2.99. The Morgan fingerprint density at radius 3 is 3.06 bits per heavy atom. The van der Waals surface area contributed by atoms with Gasteiger partial charge in [0, 0.05) is 18.5 Å². The van der Waals surface area contributed by atoms with E-state index in [1.807, 2.05) is 12.1 Å². The highest BCUT2D eigenvalue weighted by atomic mass is 16.5. The molecule has 1 unspecified atom stereocenters. The number of methoxy groups -OCH3 is 1. The number of imidazole rings is 1. The number of nitrogens with one attached hydrogen (secondary N) is 2. The molecule has 1 aliphatic heterocycles. The highest BCUT2D eigenvalue weighted by Gasteiger charge is 2.20. The first kappa shape index (κ1) is 9.59. The molecule has 0 amide bonds. The Kier molecular flexibility index (Phi) is 2.25. The van der Waals surface area contributed by atoms with Crippen molar-refractivity contribution in [3.63, 3.8) is 0 Å². The average Bonchev–Trinajstić information content (AvgIpc) is 2.96. The molecule has 84 valence electrons. The minimum atomic E-state index is 0.486. The summed E-state index contributed by atoms with van der Waals surface area (Å²) in [6, 6.07) is 3.80. The van der Waals surface area contributed by atoms with E-state index in [1.54, 1.807) is 7.11 Å². The van der Waals surface area contributed by atoms with Gasteiger partial charge in [0.25, 0.3) is 0 Å². The molecule has 1 aliphatic rings. The monoisotopic (exact) mass is 218 g/mol. The lowest BCUT2D eigenvalue weighted by Crippen LogP contribution is -2.08. The van der Waals surface area contributed by atoms with Crippen LogP contribution in [0.25, 0.3) is 11.2 Å². The fourth-order valence-corrected chi connectivity index (χ4v) is 2.09. The van der Waals surface area contributed by atoms with Crippen LogP contribution in [0.15, 0.2) is 12.1 Å². The second kappa shape index (κ2) is 3.75. The summed E-state index contributed by atoms with van der Waals surface area (Å²) in [7, 11) is 1.61. The van der Waals surface area contributed by atoms with E-state index >= 15 is 0 Å². The number of hydrogen-bond donors (Lipinski definition) is 2. The number of aromatic amines is 1. The Morgan fingerprint density at radius 1 is 1.38 bits per heavy atom. The number of rotatable bonds is 2. The number of H-pyrrole nitrogens is 1. The summed E-state index contributed by atoms with van der Waals surface area (Å²) in [5, 5.41) is 3.33. The molecule has 1 saturated heterocycles. The third kappa shape index (κ3) is 1.53. The largest absolute Gasteiger partial charge is 0.481 e. The van der Waals surface area contributed by atoms with Crippen LogP contribution in [0.2, 0.25) is 0 Å². The van der Waals surface area contributed by atoms with Gasteiger partial charge in [-0.2, -0.15) is 4.98 Å². The zero-order valence-electron chi connectivity index (χ0n) is 9.16. The lowest BCUT2D eigenvalue weighted by atomic mass is 10.1. The highest BCUT2D eigenvalue weighted by molar-refractivity contribution is 5.71. The topological polar surface area (TPSA) is 62.8 Å². The molecule has 2 aromatic rings. The van der Waals surface area contributed by atoms with Crippen molar-refractivity contribution in [1.29, 1.82) is 0 Å². The summed E-state index contributed by atoms with van der Waals surface area (Å²) in [4.78, 5) is 12.1. The third-order valence-electron chi connectivity index (χ3n) is 2.99. The van der Waals surface area contributed by atoms with Crippen molar-refractivity contribution in [2.75, 3.05) is 20.2 Å². The van der Waals surface area contributed by atoms with E-state index in [-0.39, 0.29) is 0 Å². The zero-order chi connectivity index (χ0) is 11.0. The Labute approximate surface area is 93.2 Å². The van der Waals surface area contributed by atoms with Crippen LogP contribution in [-0.2, 0) is 0 Å². The van der Waals surface area contributed by atoms with Crippen molar-refractivity contribution in [2.24, 2.45) is 0 Å². The summed E-state index contributed by atoms with van der Waals surface area (Å²) < 4.78 is 5.08. The fraction of sp³-hybridized carbons (Fsp3) is 0.455. The van der Waals surface area contributed by atoms with E-state index in [4.69, 9.17) is 4.74 Å². The summed E-state index contributed by atoms with van der Waals surface area (Å²) in [6.07, 6.45) is 1.14. The van der Waals surface area contributed by atoms with Gasteiger partial charge in [0.1, 0.15) is 5.82 Å². The Balaban J connectivity index is 2.01. The zero-order valence-corrected chi connectivity index (χ0v) is 9.16. The quantitative estimate of drug-likeness (QED) is 0.790. The van der Waals surface area contributed by atoms with Gasteiger partial charge in [-0.25, -0.2) is 4.98 Å². The van der Waals surface area contributed by atoms with E-state index in [0.29, 0.717) is 11.8 Å². The molecule has 3 heterocycles. The average molecular weight is 218 g/mol. The van der Waals surface area contributed by atoms with Crippen LogP contribution in [0.5, 0.6) is 5.88 Å². The van der Waals surface area contributed by atoms with Crippen molar-refractivity contribution in [3.05, 3.63) is 18.0 Å². The molecule has 16 heavy (non-hydrogen) atoms. The lowest BCUT2D eigenvalue weighted by Gasteiger charge is -2.01. The van der Waals surface area contributed by atoms with E-state index in [1.165, 1.54) is 0 Å². The maximum atomic E-state index is 5.08. The molecule has 1 fully saturated rings. The molecule has 2 aromatic heterocycles. The first-order chi connectivity index (χ1) is 7.86. The number of fused-ring (bicyclic) bond motifs is 1. The molecule has 0 saturated carbocycles. The summed E-state index contributed by atoms with van der Waals surface area (Å²) in [6.45, 7) is 2.06. The fourth-order valence-electron chi connectivity index (χ4n) is 2.09. The molecular weight excluding hydrogens is 204 g/mol. The maximum Gasteiger partial charge on any atom is 0.215 e. The molecule has 1 atom stereocenters. The van der Waals surface area contributed by atoms with Crippen LogP contribution in [0.4, 0.5) is 0 Å². The van der Waals surface area contributed by atoms with E-state index in [9.17, 15) is 0 Å². The van der Waals surface area contributed by atoms with Gasteiger partial charge in [0.05, 0.1) is 12.6 Å². The first-order valence-electron chi connectivity index (χ1n) is 5.48. The molecular formula is C11H14N4O. The van der Waals surface area contributed by atoms with E-state index in [2.05, 4.69) is 20.3 Å². The molecule has 2 N–H and O–H groups in total. The van der Waals surface area contributed by atoms with Gasteiger partial charge in [-0.05, 0) is 19.0 Å². The van der Waals surface area contributed by atoms with Gasteiger partial charge >= 0.3 is 0 Å². The number of hydrogen-bond acceptors (Lipinski definition) is 4. The summed E-state index contributed by atoms with van der Waals surface area (Å²) >= 11 is 0. The van der Waals surface area contributed by atoms with Gasteiger partial charge in [-0.15, -0.1) is 0 Å². The predicted molar refractivity (Wildman–Crippen MR) is 60.7 cm³/mol. The van der Waals surface area contributed by atoms with Crippen LogP contribution in [0.1, 0.15) is 18.2 Å². The number of ether oxygens (including phenoxy) is 1. The smallest absolute Gasteiger partial charge is 0.215 e. The van der Waals surface area contributed by atoms with Gasteiger partial charge in [-0.1, -0.05) is 0 Å². The van der Waals surface area contributed by atoms with Gasteiger partial charge < -0.3 is 15.0 Å². The molecule has 5 heteroatoms. The lowest BCUT2D eigenvalue weighted by molar-refractivity contribution is 0.399. The van der Waals surface area contributed by atoms with Crippen LogP contribution in [0.3, 0.4) is 0 Å². The number of aromatic nitrogens is 3. The summed E-state index contributed by atoms with van der Waals surface area (Å²) in [5.74, 6) is 2.12. The Bertz CT molecular complexity index is 502. The second-order valence-corrected chi connectivity index (χ2v) is 4.04. The van der Waals surface area contributed by atoms with Crippen LogP contribution >= 0.6 is 0 Å². The number of pyridine rings is 1. The minimum Gasteiger partial charge on any atom is -0.481 e. The van der Waals surface area contributed by atoms with Crippen LogP contribution in [0, 0.1) is 0 Å². The maximum absolute atomic E-state index is 5.08. The molecule has 3 rings (SSSR count). The molecule has 0 bridgehead atoms. The Morgan fingerprint density at radius 2 is 2.31 bits per heavy atom. The van der Waals surface area contributed by atoms with Crippen molar-refractivity contribution >= 4 is 11.2 Å². The highest BCUT2D eigenvalue weighted by Crippen LogP contribution is 2.22. The SMILES string of the molecule is COc1ccc2[nH]c(C3CCNC3)nc2n1. The normalized spacial score (nSPS) is 20.4. The molecule has 0 radical (unpaired) electrons.